The number of para-hydroxylation sites is 1. The Bertz CT molecular complexity index is 693. The maximum absolute atomic E-state index is 12.5. The molecule has 1 heterocycles. The molecule has 2 N–H and O–H groups in total. The summed E-state index contributed by atoms with van der Waals surface area (Å²) in [5.74, 6) is 0.754. The maximum Gasteiger partial charge on any atom is 0.238 e. The van der Waals surface area contributed by atoms with Crippen molar-refractivity contribution in [2.45, 2.75) is 52.5 Å². The van der Waals surface area contributed by atoms with Gasteiger partial charge in [0.1, 0.15) is 0 Å². The predicted octanol–water partition coefficient (Wildman–Crippen LogP) is 2.55. The number of piperazine rings is 1. The van der Waals surface area contributed by atoms with Crippen LogP contribution in [0.3, 0.4) is 0 Å². The fraction of sp³-hybridized carbons (Fsp3) is 0.652. The van der Waals surface area contributed by atoms with Gasteiger partial charge in [0.15, 0.2) is 0 Å². The molecule has 6 heteroatoms. The summed E-state index contributed by atoms with van der Waals surface area (Å²) in [6.07, 6.45) is 4.83. The van der Waals surface area contributed by atoms with Gasteiger partial charge >= 0.3 is 0 Å². The van der Waals surface area contributed by atoms with Crippen molar-refractivity contribution in [3.63, 3.8) is 0 Å². The van der Waals surface area contributed by atoms with Crippen molar-refractivity contribution < 1.29 is 9.59 Å². The van der Waals surface area contributed by atoms with Crippen LogP contribution in [0, 0.1) is 19.8 Å². The van der Waals surface area contributed by atoms with Crippen LogP contribution in [0.25, 0.3) is 0 Å². The highest BCUT2D eigenvalue weighted by Crippen LogP contribution is 2.23. The van der Waals surface area contributed by atoms with Gasteiger partial charge in [-0.1, -0.05) is 38.0 Å². The van der Waals surface area contributed by atoms with Crippen LogP contribution in [-0.2, 0) is 9.59 Å². The molecule has 2 aliphatic rings. The number of benzene rings is 1. The largest absolute Gasteiger partial charge is 0.352 e. The molecule has 2 amide bonds. The highest BCUT2D eigenvalue weighted by Gasteiger charge is 2.25. The summed E-state index contributed by atoms with van der Waals surface area (Å²) in [6.45, 7) is 10.4. The van der Waals surface area contributed by atoms with E-state index in [0.717, 1.165) is 49.4 Å². The van der Waals surface area contributed by atoms with E-state index in [4.69, 9.17) is 0 Å². The number of hydrogen-bond donors (Lipinski definition) is 2. The second kappa shape index (κ2) is 10.2. The van der Waals surface area contributed by atoms with Gasteiger partial charge in [0.2, 0.25) is 11.8 Å². The van der Waals surface area contributed by atoms with E-state index in [0.29, 0.717) is 25.0 Å². The molecule has 3 rings (SSSR count). The van der Waals surface area contributed by atoms with Crippen molar-refractivity contribution in [2.24, 2.45) is 5.92 Å². The van der Waals surface area contributed by atoms with Crippen molar-refractivity contribution in [3.05, 3.63) is 29.3 Å². The third-order valence-electron chi connectivity index (χ3n) is 6.40. The Morgan fingerprint density at radius 2 is 1.48 bits per heavy atom. The molecule has 2 atom stereocenters. The zero-order valence-electron chi connectivity index (χ0n) is 18.2. The van der Waals surface area contributed by atoms with Gasteiger partial charge < -0.3 is 10.6 Å². The molecule has 1 aromatic rings. The molecule has 0 radical (unpaired) electrons. The van der Waals surface area contributed by atoms with Gasteiger partial charge in [-0.3, -0.25) is 19.4 Å². The standard InChI is InChI=1S/C23H36N4O2/c1-17-7-4-5-10-20(17)24-21(28)15-26-11-13-27(14-12-26)16-22(29)25-23-18(2)8-6-9-19(23)3/h6,8-9,17,20H,4-5,7,10-16H2,1-3H3,(H,24,28)(H,25,29)/t17-,20-/m0/s1. The number of nitrogens with zero attached hydrogens (tertiary/aromatic N) is 2. The van der Waals surface area contributed by atoms with Crippen LogP contribution < -0.4 is 10.6 Å². The third-order valence-corrected chi connectivity index (χ3v) is 6.40. The topological polar surface area (TPSA) is 64.7 Å². The summed E-state index contributed by atoms with van der Waals surface area (Å²) in [4.78, 5) is 29.3. The van der Waals surface area contributed by atoms with Gasteiger partial charge in [-0.15, -0.1) is 0 Å². The summed E-state index contributed by atoms with van der Waals surface area (Å²) < 4.78 is 0. The zero-order valence-corrected chi connectivity index (χ0v) is 18.2. The molecular weight excluding hydrogens is 364 g/mol. The van der Waals surface area contributed by atoms with Gasteiger partial charge in [0.25, 0.3) is 0 Å². The first-order chi connectivity index (χ1) is 13.9. The Balaban J connectivity index is 1.38. The zero-order chi connectivity index (χ0) is 20.8. The minimum absolute atomic E-state index is 0.0277. The molecule has 0 bridgehead atoms. The minimum Gasteiger partial charge on any atom is -0.352 e. The first kappa shape index (κ1) is 21.8. The van der Waals surface area contributed by atoms with Crippen LogP contribution in [0.15, 0.2) is 18.2 Å². The van der Waals surface area contributed by atoms with Crippen molar-refractivity contribution in [3.8, 4) is 0 Å². The fourth-order valence-corrected chi connectivity index (χ4v) is 4.49. The Morgan fingerprint density at radius 3 is 2.07 bits per heavy atom. The molecule has 1 aromatic carbocycles. The summed E-state index contributed by atoms with van der Waals surface area (Å²) in [5.41, 5.74) is 3.09. The average Bonchev–Trinajstić information content (AvgIpc) is 2.68. The molecule has 1 saturated carbocycles. The Morgan fingerprint density at radius 1 is 0.931 bits per heavy atom. The quantitative estimate of drug-likeness (QED) is 0.770. The van der Waals surface area contributed by atoms with Gasteiger partial charge in [-0.25, -0.2) is 0 Å². The molecular formula is C23H36N4O2. The molecule has 160 valence electrons. The molecule has 29 heavy (non-hydrogen) atoms. The van der Waals surface area contributed by atoms with E-state index >= 15 is 0 Å². The number of anilines is 1. The lowest BCUT2D eigenvalue weighted by atomic mass is 9.86. The van der Waals surface area contributed by atoms with Crippen molar-refractivity contribution >= 4 is 17.5 Å². The number of amides is 2. The maximum atomic E-state index is 12.5. The predicted molar refractivity (Wildman–Crippen MR) is 117 cm³/mol. The Kier molecular flexibility index (Phi) is 7.67. The number of rotatable bonds is 6. The first-order valence-electron chi connectivity index (χ1n) is 11.0. The van der Waals surface area contributed by atoms with Crippen LogP contribution in [0.2, 0.25) is 0 Å². The summed E-state index contributed by atoms with van der Waals surface area (Å²) >= 11 is 0. The molecule has 1 saturated heterocycles. The van der Waals surface area contributed by atoms with E-state index in [1.807, 2.05) is 32.0 Å². The average molecular weight is 401 g/mol. The lowest BCUT2D eigenvalue weighted by Crippen LogP contribution is -2.52. The van der Waals surface area contributed by atoms with Crippen LogP contribution in [0.4, 0.5) is 5.69 Å². The molecule has 1 aliphatic carbocycles. The Hall–Kier alpha value is -1.92. The second-order valence-electron chi connectivity index (χ2n) is 8.80. The van der Waals surface area contributed by atoms with E-state index in [1.165, 1.54) is 19.3 Å². The second-order valence-corrected chi connectivity index (χ2v) is 8.80. The number of carbonyl (C=O) groups is 2. The smallest absolute Gasteiger partial charge is 0.238 e. The number of carbonyl (C=O) groups excluding carboxylic acids is 2. The van der Waals surface area contributed by atoms with Gasteiger partial charge in [0, 0.05) is 37.9 Å². The van der Waals surface area contributed by atoms with Crippen molar-refractivity contribution in [2.75, 3.05) is 44.6 Å². The highest BCUT2D eigenvalue weighted by atomic mass is 16.2. The lowest BCUT2D eigenvalue weighted by Gasteiger charge is -2.35. The van der Waals surface area contributed by atoms with E-state index in [1.54, 1.807) is 0 Å². The molecule has 2 fully saturated rings. The number of nitrogens with one attached hydrogen (secondary N) is 2. The highest BCUT2D eigenvalue weighted by molar-refractivity contribution is 5.93. The van der Waals surface area contributed by atoms with E-state index in [-0.39, 0.29) is 11.8 Å². The minimum atomic E-state index is 0.0277. The molecule has 0 aromatic heterocycles. The van der Waals surface area contributed by atoms with Gasteiger partial charge in [-0.05, 0) is 43.7 Å². The van der Waals surface area contributed by atoms with E-state index in [9.17, 15) is 9.59 Å². The number of aryl methyl sites for hydroxylation is 2. The van der Waals surface area contributed by atoms with Crippen LogP contribution in [0.5, 0.6) is 0 Å². The molecule has 0 unspecified atom stereocenters. The third kappa shape index (κ3) is 6.28. The number of hydrogen-bond acceptors (Lipinski definition) is 4. The summed E-state index contributed by atoms with van der Waals surface area (Å²) in [7, 11) is 0. The Labute approximate surface area is 175 Å². The fourth-order valence-electron chi connectivity index (χ4n) is 4.49. The van der Waals surface area contributed by atoms with E-state index in [2.05, 4.69) is 27.4 Å². The summed E-state index contributed by atoms with van der Waals surface area (Å²) in [6, 6.07) is 6.37. The SMILES string of the molecule is Cc1cccc(C)c1NC(=O)CN1CCN(CC(=O)N[C@H]2CCCC[C@@H]2C)CC1. The van der Waals surface area contributed by atoms with Gasteiger partial charge in [0.05, 0.1) is 13.1 Å². The van der Waals surface area contributed by atoms with Crippen LogP contribution in [0.1, 0.15) is 43.7 Å². The van der Waals surface area contributed by atoms with Crippen LogP contribution in [-0.4, -0.2) is 66.9 Å². The van der Waals surface area contributed by atoms with Crippen molar-refractivity contribution in [1.82, 2.24) is 15.1 Å². The summed E-state index contributed by atoms with van der Waals surface area (Å²) in [5, 5.41) is 6.30. The molecule has 1 aliphatic heterocycles. The normalized spacial score (nSPS) is 23.6. The lowest BCUT2D eigenvalue weighted by molar-refractivity contribution is -0.124. The van der Waals surface area contributed by atoms with E-state index < -0.39 is 0 Å². The molecule has 0 spiro atoms. The van der Waals surface area contributed by atoms with Crippen LogP contribution >= 0.6 is 0 Å². The molecule has 6 nitrogen and oxygen atoms in total. The monoisotopic (exact) mass is 400 g/mol. The van der Waals surface area contributed by atoms with Gasteiger partial charge in [-0.2, -0.15) is 0 Å². The first-order valence-corrected chi connectivity index (χ1v) is 11.0. The van der Waals surface area contributed by atoms with Crippen molar-refractivity contribution in [1.29, 1.82) is 0 Å².